The normalized spacial score (nSPS) is 15.1. The van der Waals surface area contributed by atoms with Crippen LogP contribution in [0.5, 0.6) is 0 Å². The molecule has 1 N–H and O–H groups in total. The van der Waals surface area contributed by atoms with Gasteiger partial charge in [-0.25, -0.2) is 0 Å². The zero-order valence-corrected chi connectivity index (χ0v) is 10.8. The molecule has 0 saturated carbocycles. The average molecular weight is 228 g/mol. The van der Waals surface area contributed by atoms with E-state index in [9.17, 15) is 5.11 Å². The number of aliphatic hydroxyl groups is 1. The molecule has 0 rings (SSSR count). The number of ether oxygens (including phenoxy) is 1. The van der Waals surface area contributed by atoms with Gasteiger partial charge in [0.2, 0.25) is 0 Å². The minimum absolute atomic E-state index is 0.00170. The molecule has 0 saturated heterocycles. The fourth-order valence-electron chi connectivity index (χ4n) is 1.42. The molecule has 0 aliphatic carbocycles. The molecule has 2 atom stereocenters. The highest BCUT2D eigenvalue weighted by atomic mass is 16.5. The molecule has 0 radical (unpaired) electrons. The van der Waals surface area contributed by atoms with Gasteiger partial charge in [0, 0.05) is 13.1 Å². The van der Waals surface area contributed by atoms with E-state index < -0.39 is 6.10 Å². The molecule has 0 heterocycles. The molecule has 0 aromatic carbocycles. The molecule has 16 heavy (non-hydrogen) atoms. The maximum Gasteiger partial charge on any atom is 0.0900 e. The first-order valence-electron chi connectivity index (χ1n) is 5.91. The SMILES string of the molecule is CCN(CC(C)C#N)CC(O)COC(C)C. The van der Waals surface area contributed by atoms with E-state index in [2.05, 4.69) is 11.0 Å². The Balaban J connectivity index is 3.88. The maximum absolute atomic E-state index is 9.74. The quantitative estimate of drug-likeness (QED) is 0.679. The first-order valence-corrected chi connectivity index (χ1v) is 5.91. The van der Waals surface area contributed by atoms with Crippen LogP contribution in [0.3, 0.4) is 0 Å². The third kappa shape index (κ3) is 7.63. The van der Waals surface area contributed by atoms with Crippen molar-refractivity contribution < 1.29 is 9.84 Å². The molecular formula is C12H24N2O2. The Morgan fingerprint density at radius 2 is 1.94 bits per heavy atom. The Labute approximate surface area is 98.8 Å². The Morgan fingerprint density at radius 1 is 1.31 bits per heavy atom. The van der Waals surface area contributed by atoms with Crippen molar-refractivity contribution in [1.82, 2.24) is 4.90 Å². The van der Waals surface area contributed by atoms with Gasteiger partial charge in [-0.1, -0.05) is 6.92 Å². The Kier molecular flexibility index (Phi) is 8.18. The lowest BCUT2D eigenvalue weighted by atomic mass is 10.2. The van der Waals surface area contributed by atoms with Crippen molar-refractivity contribution in [1.29, 1.82) is 5.26 Å². The Morgan fingerprint density at radius 3 is 2.38 bits per heavy atom. The maximum atomic E-state index is 9.74. The van der Waals surface area contributed by atoms with Gasteiger partial charge in [0.15, 0.2) is 0 Å². The fraction of sp³-hybridized carbons (Fsp3) is 0.917. The molecule has 0 aliphatic heterocycles. The molecule has 4 heteroatoms. The monoisotopic (exact) mass is 228 g/mol. The lowest BCUT2D eigenvalue weighted by Crippen LogP contribution is -2.37. The minimum atomic E-state index is -0.478. The number of aliphatic hydroxyl groups excluding tert-OH is 1. The standard InChI is InChI=1S/C12H24N2O2/c1-5-14(7-11(4)6-13)8-12(15)9-16-10(2)3/h10-12,15H,5,7-9H2,1-4H3. The number of likely N-dealkylation sites (N-methyl/N-ethyl adjacent to an activating group) is 1. The Bertz CT molecular complexity index is 214. The lowest BCUT2D eigenvalue weighted by molar-refractivity contribution is -0.00862. The largest absolute Gasteiger partial charge is 0.389 e. The van der Waals surface area contributed by atoms with Crippen LogP contribution in [0.1, 0.15) is 27.7 Å². The first-order chi connectivity index (χ1) is 7.49. The molecule has 0 aromatic rings. The van der Waals surface area contributed by atoms with E-state index in [0.29, 0.717) is 19.7 Å². The summed E-state index contributed by atoms with van der Waals surface area (Å²) in [6, 6.07) is 2.20. The summed E-state index contributed by atoms with van der Waals surface area (Å²) < 4.78 is 5.34. The number of hydrogen-bond acceptors (Lipinski definition) is 4. The van der Waals surface area contributed by atoms with E-state index in [1.807, 2.05) is 27.7 Å². The predicted octanol–water partition coefficient (Wildman–Crippen LogP) is 1.25. The summed E-state index contributed by atoms with van der Waals surface area (Å²) in [5.41, 5.74) is 0. The van der Waals surface area contributed by atoms with Crippen LogP contribution in [0.25, 0.3) is 0 Å². The number of hydrogen-bond donors (Lipinski definition) is 1. The second-order valence-corrected chi connectivity index (χ2v) is 4.42. The zero-order valence-electron chi connectivity index (χ0n) is 10.8. The van der Waals surface area contributed by atoms with Crippen LogP contribution in [0.2, 0.25) is 0 Å². The highest BCUT2D eigenvalue weighted by Gasteiger charge is 2.13. The van der Waals surface area contributed by atoms with Crippen LogP contribution >= 0.6 is 0 Å². The zero-order chi connectivity index (χ0) is 12.6. The molecular weight excluding hydrogens is 204 g/mol. The summed E-state index contributed by atoms with van der Waals surface area (Å²) in [5.74, 6) is -0.00170. The van der Waals surface area contributed by atoms with Gasteiger partial charge in [-0.15, -0.1) is 0 Å². The van der Waals surface area contributed by atoms with Crippen molar-refractivity contribution in [3.63, 3.8) is 0 Å². The van der Waals surface area contributed by atoms with Crippen molar-refractivity contribution in [2.24, 2.45) is 5.92 Å². The molecule has 0 bridgehead atoms. The van der Waals surface area contributed by atoms with Crippen molar-refractivity contribution in [3.05, 3.63) is 0 Å². The highest BCUT2D eigenvalue weighted by molar-refractivity contribution is 4.81. The number of nitrogens with zero attached hydrogens (tertiary/aromatic N) is 2. The number of nitriles is 1. The summed E-state index contributed by atoms with van der Waals surface area (Å²) >= 11 is 0. The molecule has 0 aliphatic rings. The molecule has 0 fully saturated rings. The van der Waals surface area contributed by atoms with Crippen molar-refractivity contribution in [2.75, 3.05) is 26.2 Å². The van der Waals surface area contributed by atoms with E-state index in [1.165, 1.54) is 0 Å². The van der Waals surface area contributed by atoms with Crippen molar-refractivity contribution in [2.45, 2.75) is 39.9 Å². The number of rotatable bonds is 8. The van der Waals surface area contributed by atoms with Gasteiger partial charge in [-0.05, 0) is 27.3 Å². The second-order valence-electron chi connectivity index (χ2n) is 4.42. The summed E-state index contributed by atoms with van der Waals surface area (Å²) in [5, 5.41) is 18.5. The van der Waals surface area contributed by atoms with Crippen LogP contribution in [-0.4, -0.2) is 48.5 Å². The average Bonchev–Trinajstić information content (AvgIpc) is 2.25. The molecule has 2 unspecified atom stereocenters. The van der Waals surface area contributed by atoms with Crippen molar-refractivity contribution in [3.8, 4) is 6.07 Å². The van der Waals surface area contributed by atoms with Gasteiger partial charge < -0.3 is 9.84 Å². The summed E-state index contributed by atoms with van der Waals surface area (Å²) in [7, 11) is 0. The van der Waals surface area contributed by atoms with E-state index in [1.54, 1.807) is 0 Å². The van der Waals surface area contributed by atoms with Gasteiger partial charge in [-0.3, -0.25) is 4.90 Å². The predicted molar refractivity (Wildman–Crippen MR) is 64.0 cm³/mol. The van der Waals surface area contributed by atoms with Gasteiger partial charge in [-0.2, -0.15) is 5.26 Å². The molecule has 4 nitrogen and oxygen atoms in total. The van der Waals surface area contributed by atoms with Crippen LogP contribution in [0.15, 0.2) is 0 Å². The van der Waals surface area contributed by atoms with E-state index in [-0.39, 0.29) is 12.0 Å². The Hall–Kier alpha value is -0.630. The third-order valence-electron chi connectivity index (χ3n) is 2.29. The third-order valence-corrected chi connectivity index (χ3v) is 2.29. The minimum Gasteiger partial charge on any atom is -0.389 e. The highest BCUT2D eigenvalue weighted by Crippen LogP contribution is 2.01. The summed E-state index contributed by atoms with van der Waals surface area (Å²) in [6.07, 6.45) is -0.337. The van der Waals surface area contributed by atoms with Crippen LogP contribution in [-0.2, 0) is 4.74 Å². The van der Waals surface area contributed by atoms with Crippen LogP contribution in [0.4, 0.5) is 0 Å². The fourth-order valence-corrected chi connectivity index (χ4v) is 1.42. The van der Waals surface area contributed by atoms with E-state index in [4.69, 9.17) is 10.00 Å². The van der Waals surface area contributed by atoms with Gasteiger partial charge in [0.25, 0.3) is 0 Å². The molecule has 0 amide bonds. The summed E-state index contributed by atoms with van der Waals surface area (Å²) in [4.78, 5) is 2.07. The van der Waals surface area contributed by atoms with Gasteiger partial charge in [0.1, 0.15) is 0 Å². The smallest absolute Gasteiger partial charge is 0.0900 e. The first kappa shape index (κ1) is 15.4. The topological polar surface area (TPSA) is 56.5 Å². The van der Waals surface area contributed by atoms with Gasteiger partial charge in [0.05, 0.1) is 30.8 Å². The van der Waals surface area contributed by atoms with Crippen LogP contribution in [0, 0.1) is 17.2 Å². The molecule has 0 spiro atoms. The van der Waals surface area contributed by atoms with Crippen molar-refractivity contribution >= 4 is 0 Å². The second kappa shape index (κ2) is 8.51. The molecule has 94 valence electrons. The van der Waals surface area contributed by atoms with Crippen LogP contribution < -0.4 is 0 Å². The van der Waals surface area contributed by atoms with Gasteiger partial charge >= 0.3 is 0 Å². The molecule has 0 aromatic heterocycles. The van der Waals surface area contributed by atoms with E-state index in [0.717, 1.165) is 6.54 Å². The lowest BCUT2D eigenvalue weighted by Gasteiger charge is -2.24. The van der Waals surface area contributed by atoms with E-state index >= 15 is 0 Å². The summed E-state index contributed by atoms with van der Waals surface area (Å²) in [6.45, 7) is 10.3.